The molecule has 52 heavy (non-hydrogen) atoms. The van der Waals surface area contributed by atoms with Gasteiger partial charge in [-0.25, -0.2) is 9.97 Å². The van der Waals surface area contributed by atoms with Crippen LogP contribution >= 0.6 is 0 Å². The zero-order valence-electron chi connectivity index (χ0n) is 28.2. The zero-order chi connectivity index (χ0) is 33.9. The molecule has 4 heterocycles. The monoisotopic (exact) mass is 1040 g/mol. The summed E-state index contributed by atoms with van der Waals surface area (Å²) in [6.07, 6.45) is 9.43. The number of hydrogen-bond acceptors (Lipinski definition) is 6. The largest absolute Gasteiger partial charge is 2.00 e. The first-order valence-electron chi connectivity index (χ1n) is 16.6. The van der Waals surface area contributed by atoms with E-state index in [1.54, 1.807) is 12.4 Å². The first-order valence-corrected chi connectivity index (χ1v) is 16.6. The van der Waals surface area contributed by atoms with Gasteiger partial charge in [-0.15, -0.1) is 71.8 Å². The summed E-state index contributed by atoms with van der Waals surface area (Å²) in [4.78, 5) is 18.6. The van der Waals surface area contributed by atoms with E-state index in [1.165, 1.54) is 0 Å². The fraction of sp³-hybridized carbons (Fsp3) is 0.116. The minimum Gasteiger partial charge on any atom is -0.503 e. The van der Waals surface area contributed by atoms with E-state index in [2.05, 4.69) is 48.1 Å². The molecule has 8 aromatic rings. The Bertz CT molecular complexity index is 2270. The molecule has 8 rings (SSSR count). The van der Waals surface area contributed by atoms with Crippen LogP contribution in [0.4, 0.5) is 0 Å². The van der Waals surface area contributed by atoms with Gasteiger partial charge in [0.05, 0.1) is 0 Å². The molecule has 0 saturated heterocycles. The van der Waals surface area contributed by atoms with Gasteiger partial charge in [-0.1, -0.05) is 61.3 Å². The maximum Gasteiger partial charge on any atom is 2.00 e. The summed E-state index contributed by atoms with van der Waals surface area (Å²) in [5.41, 5.74) is 5.95. The van der Waals surface area contributed by atoms with Crippen molar-refractivity contribution in [2.45, 2.75) is 32.6 Å². The minimum atomic E-state index is 0. The Morgan fingerprint density at radius 1 is 0.538 bits per heavy atom. The SMILES string of the molecule is CCC(CC)c1cnc(-n2c3[c-]c(Oc4[c-]c(-c5ccccn5)ccc4)ccc3c3ccc(Oc4[c-]c(-c5ccccn5)ccc4)[c-]c32)nc1.[Pt+2].[Pt+2]. The van der Waals surface area contributed by atoms with E-state index < -0.39 is 0 Å². The second-order valence-corrected chi connectivity index (χ2v) is 11.8. The summed E-state index contributed by atoms with van der Waals surface area (Å²) in [6.45, 7) is 4.38. The molecule has 0 unspecified atom stereocenters. The van der Waals surface area contributed by atoms with Gasteiger partial charge >= 0.3 is 42.1 Å². The van der Waals surface area contributed by atoms with Gasteiger partial charge in [0.25, 0.3) is 0 Å². The third kappa shape index (κ3) is 7.62. The normalized spacial score (nSPS) is 10.9. The Morgan fingerprint density at radius 2 is 1.02 bits per heavy atom. The quantitative estimate of drug-likeness (QED) is 0.127. The molecule has 7 nitrogen and oxygen atoms in total. The van der Waals surface area contributed by atoms with Crippen molar-refractivity contribution >= 4 is 21.8 Å². The van der Waals surface area contributed by atoms with E-state index in [1.807, 2.05) is 114 Å². The molecule has 0 amide bonds. The molecule has 4 aromatic heterocycles. The number of aromatic nitrogens is 5. The van der Waals surface area contributed by atoms with Crippen molar-refractivity contribution in [3.05, 3.63) is 152 Å². The summed E-state index contributed by atoms with van der Waals surface area (Å²) < 4.78 is 14.6. The van der Waals surface area contributed by atoms with Crippen LogP contribution in [0, 0.1) is 24.3 Å². The molecule has 0 atom stereocenters. The standard InChI is InChI=1S/C43H31N5O2.2Pt/c1-3-29(4-2)32-27-46-43(47-28-32)48-41-25-35(49-33-13-9-11-30(23-33)39-15-5-7-21-44-39)17-19-37(41)38-20-18-36(26-42(38)48)50-34-14-10-12-31(24-34)40-16-6-8-22-45-40;;/h5-22,27-29H,3-4H2,1-2H3;;/q-4;2*+2. The van der Waals surface area contributed by atoms with Crippen LogP contribution in [-0.4, -0.2) is 24.5 Å². The molecule has 0 N–H and O–H groups in total. The molecule has 9 heteroatoms. The summed E-state index contributed by atoms with van der Waals surface area (Å²) in [6, 6.07) is 44.7. The molecule has 260 valence electrons. The number of benzene rings is 4. The van der Waals surface area contributed by atoms with Crippen molar-refractivity contribution in [1.29, 1.82) is 0 Å². The molecule has 0 radical (unpaired) electrons. The topological polar surface area (TPSA) is 75.0 Å². The fourth-order valence-corrected chi connectivity index (χ4v) is 6.16. The molecule has 0 aliphatic heterocycles. The van der Waals surface area contributed by atoms with Crippen molar-refractivity contribution in [3.63, 3.8) is 0 Å². The summed E-state index contributed by atoms with van der Waals surface area (Å²) in [5.74, 6) is 3.08. The molecule has 0 aliphatic rings. The second-order valence-electron chi connectivity index (χ2n) is 11.8. The molecule has 0 aliphatic carbocycles. The van der Waals surface area contributed by atoms with Crippen LogP contribution in [0.5, 0.6) is 23.0 Å². The maximum absolute atomic E-state index is 6.33. The number of hydrogen-bond donors (Lipinski definition) is 0. The third-order valence-electron chi connectivity index (χ3n) is 8.71. The summed E-state index contributed by atoms with van der Waals surface area (Å²) in [7, 11) is 0. The number of ether oxygens (including phenoxy) is 2. The van der Waals surface area contributed by atoms with Crippen molar-refractivity contribution < 1.29 is 51.6 Å². The van der Waals surface area contributed by atoms with Crippen LogP contribution in [0.15, 0.2) is 122 Å². The first-order chi connectivity index (χ1) is 24.7. The van der Waals surface area contributed by atoms with E-state index in [0.29, 0.717) is 34.9 Å². The summed E-state index contributed by atoms with van der Waals surface area (Å²) >= 11 is 0. The van der Waals surface area contributed by atoms with Gasteiger partial charge in [-0.3, -0.25) is 0 Å². The van der Waals surface area contributed by atoms with Crippen LogP contribution in [0.1, 0.15) is 38.2 Å². The average molecular weight is 1040 g/mol. The molecule has 4 aromatic carbocycles. The van der Waals surface area contributed by atoms with Crippen molar-refractivity contribution in [3.8, 4) is 51.5 Å². The number of pyridine rings is 2. The van der Waals surface area contributed by atoms with E-state index in [9.17, 15) is 0 Å². The molecule has 0 fully saturated rings. The number of rotatable bonds is 10. The summed E-state index contributed by atoms with van der Waals surface area (Å²) in [5, 5.41) is 1.91. The van der Waals surface area contributed by atoms with Crippen LogP contribution in [-0.2, 0) is 42.1 Å². The number of fused-ring (bicyclic) bond motifs is 3. The van der Waals surface area contributed by atoms with Crippen molar-refractivity contribution in [2.24, 2.45) is 0 Å². The maximum atomic E-state index is 6.33. The van der Waals surface area contributed by atoms with Gasteiger partial charge in [0.2, 0.25) is 5.95 Å². The van der Waals surface area contributed by atoms with Crippen LogP contribution in [0.2, 0.25) is 0 Å². The van der Waals surface area contributed by atoms with Crippen LogP contribution in [0.3, 0.4) is 0 Å². The van der Waals surface area contributed by atoms with E-state index in [0.717, 1.165) is 62.7 Å². The predicted molar refractivity (Wildman–Crippen MR) is 195 cm³/mol. The van der Waals surface area contributed by atoms with E-state index in [-0.39, 0.29) is 42.1 Å². The van der Waals surface area contributed by atoms with Gasteiger partial charge in [0, 0.05) is 47.8 Å². The van der Waals surface area contributed by atoms with E-state index >= 15 is 0 Å². The van der Waals surface area contributed by atoms with Crippen LogP contribution < -0.4 is 9.47 Å². The molecule has 0 saturated carbocycles. The van der Waals surface area contributed by atoms with Gasteiger partial charge < -0.3 is 24.0 Å². The molecular weight excluding hydrogens is 1010 g/mol. The van der Waals surface area contributed by atoms with Gasteiger partial charge in [0.15, 0.2) is 0 Å². The molecule has 0 bridgehead atoms. The first kappa shape index (κ1) is 36.8. The Labute approximate surface area is 331 Å². The number of nitrogens with zero attached hydrogens (tertiary/aromatic N) is 5. The Kier molecular flexibility index (Phi) is 11.7. The van der Waals surface area contributed by atoms with Crippen molar-refractivity contribution in [1.82, 2.24) is 24.5 Å². The molecule has 0 spiro atoms. The predicted octanol–water partition coefficient (Wildman–Crippen LogP) is 10.4. The van der Waals surface area contributed by atoms with Crippen LogP contribution in [0.25, 0.3) is 50.3 Å². The minimum absolute atomic E-state index is 0. The smallest absolute Gasteiger partial charge is 0.503 e. The average Bonchev–Trinajstić information content (AvgIpc) is 3.49. The zero-order valence-corrected chi connectivity index (χ0v) is 32.8. The van der Waals surface area contributed by atoms with Gasteiger partial charge in [0.1, 0.15) is 0 Å². The fourth-order valence-electron chi connectivity index (χ4n) is 6.16. The Morgan fingerprint density at radius 3 is 1.46 bits per heavy atom. The van der Waals surface area contributed by atoms with Gasteiger partial charge in [-0.05, 0) is 47.8 Å². The van der Waals surface area contributed by atoms with Gasteiger partial charge in [-0.2, -0.15) is 22.9 Å². The van der Waals surface area contributed by atoms with Crippen molar-refractivity contribution in [2.75, 3.05) is 0 Å². The Hall–Kier alpha value is -4.96. The molecular formula is C43H31N5O2Pt2. The van der Waals surface area contributed by atoms with E-state index in [4.69, 9.17) is 19.4 Å². The third-order valence-corrected chi connectivity index (χ3v) is 8.71. The second kappa shape index (κ2) is 16.6. The Balaban J connectivity index is 0.00000232.